The first-order valence-electron chi connectivity index (χ1n) is 9.42. The number of aromatic nitrogens is 1. The Morgan fingerprint density at radius 2 is 1.77 bits per heavy atom. The number of fused-ring (bicyclic) bond motifs is 1. The van der Waals surface area contributed by atoms with Crippen molar-refractivity contribution in [2.24, 2.45) is 5.14 Å². The van der Waals surface area contributed by atoms with E-state index in [1.165, 1.54) is 48.7 Å². The molecule has 4 N–H and O–H groups in total. The zero-order chi connectivity index (χ0) is 25.5. The van der Waals surface area contributed by atoms with Gasteiger partial charge in [-0.25, -0.2) is 35.9 Å². The van der Waals surface area contributed by atoms with E-state index in [1.54, 1.807) is 4.72 Å². The quantitative estimate of drug-likeness (QED) is 0.343. The number of hydrogen-bond acceptors (Lipinski definition) is 7. The SMILES string of the molecule is NS(=O)(=O)c1ccc2ccn(-c3ccc(NC(=O)NS(=O)(=O)c4ccc(Cl)s4)cc3F)c(=O)c2c1. The van der Waals surface area contributed by atoms with E-state index in [1.807, 2.05) is 0 Å². The smallest absolute Gasteiger partial charge is 0.307 e. The molecule has 0 aliphatic heterocycles. The topological polar surface area (TPSA) is 157 Å². The number of benzene rings is 2. The van der Waals surface area contributed by atoms with Crippen LogP contribution in [0.2, 0.25) is 4.34 Å². The Morgan fingerprint density at radius 1 is 1.03 bits per heavy atom. The molecule has 0 bridgehead atoms. The average Bonchev–Trinajstić information content (AvgIpc) is 3.21. The van der Waals surface area contributed by atoms with Crippen LogP contribution in [0, 0.1) is 5.82 Å². The van der Waals surface area contributed by atoms with Crippen LogP contribution in [-0.2, 0) is 20.0 Å². The van der Waals surface area contributed by atoms with E-state index in [0.29, 0.717) is 5.39 Å². The number of anilines is 1. The van der Waals surface area contributed by atoms with Gasteiger partial charge in [0.2, 0.25) is 10.0 Å². The summed E-state index contributed by atoms with van der Waals surface area (Å²) in [6.45, 7) is 0. The molecule has 0 aliphatic rings. The third kappa shape index (κ3) is 5.21. The predicted octanol–water partition coefficient (Wildman–Crippen LogP) is 3.00. The third-order valence-corrected chi connectivity index (χ3v) is 8.68. The van der Waals surface area contributed by atoms with E-state index in [-0.39, 0.29) is 30.2 Å². The largest absolute Gasteiger partial charge is 0.333 e. The summed E-state index contributed by atoms with van der Waals surface area (Å²) < 4.78 is 65.3. The van der Waals surface area contributed by atoms with E-state index in [2.05, 4.69) is 5.32 Å². The van der Waals surface area contributed by atoms with Gasteiger partial charge in [0, 0.05) is 17.3 Å². The van der Waals surface area contributed by atoms with Crippen molar-refractivity contribution in [3.63, 3.8) is 0 Å². The molecule has 4 rings (SSSR count). The maximum absolute atomic E-state index is 14.9. The maximum atomic E-state index is 14.9. The summed E-state index contributed by atoms with van der Waals surface area (Å²) in [4.78, 5) is 24.8. The minimum Gasteiger partial charge on any atom is -0.307 e. The van der Waals surface area contributed by atoms with E-state index < -0.39 is 37.5 Å². The molecule has 0 atom stereocenters. The van der Waals surface area contributed by atoms with E-state index in [4.69, 9.17) is 16.7 Å². The number of rotatable bonds is 5. The molecule has 35 heavy (non-hydrogen) atoms. The molecule has 2 aromatic carbocycles. The Labute approximate surface area is 206 Å². The number of pyridine rings is 1. The highest BCUT2D eigenvalue weighted by molar-refractivity contribution is 7.92. The standard InChI is InChI=1S/C20H14ClFN4O6S3/c21-17-5-6-18(33-17)35(31,32)25-20(28)24-12-2-4-16(15(22)9-12)26-8-7-11-1-3-13(34(23,29)30)10-14(11)19(26)27/h1-10H,(H2,23,29,30)(H2,24,25,28). The molecule has 0 saturated heterocycles. The van der Waals surface area contributed by atoms with Crippen LogP contribution in [0.1, 0.15) is 0 Å². The molecule has 0 radical (unpaired) electrons. The number of nitrogens with zero attached hydrogens (tertiary/aromatic N) is 1. The van der Waals surface area contributed by atoms with E-state index >= 15 is 0 Å². The summed E-state index contributed by atoms with van der Waals surface area (Å²) in [5.74, 6) is -0.917. The van der Waals surface area contributed by atoms with Gasteiger partial charge >= 0.3 is 6.03 Å². The zero-order valence-electron chi connectivity index (χ0n) is 17.2. The summed E-state index contributed by atoms with van der Waals surface area (Å²) in [5, 5.41) is 7.74. The lowest BCUT2D eigenvalue weighted by Gasteiger charge is -2.12. The number of amides is 2. The van der Waals surface area contributed by atoms with Gasteiger partial charge < -0.3 is 5.32 Å². The lowest BCUT2D eigenvalue weighted by atomic mass is 10.1. The summed E-state index contributed by atoms with van der Waals surface area (Å²) in [5.41, 5.74) is -0.982. The Hall–Kier alpha value is -3.30. The Morgan fingerprint density at radius 3 is 2.40 bits per heavy atom. The van der Waals surface area contributed by atoms with Gasteiger partial charge in [0.15, 0.2) is 0 Å². The van der Waals surface area contributed by atoms with Crippen LogP contribution < -0.4 is 20.7 Å². The van der Waals surface area contributed by atoms with Crippen LogP contribution >= 0.6 is 22.9 Å². The van der Waals surface area contributed by atoms with Crippen molar-refractivity contribution in [2.45, 2.75) is 9.10 Å². The highest BCUT2D eigenvalue weighted by Gasteiger charge is 2.20. The minimum absolute atomic E-state index is 0.00103. The van der Waals surface area contributed by atoms with Crippen molar-refractivity contribution in [3.05, 3.63) is 81.3 Å². The van der Waals surface area contributed by atoms with Crippen molar-refractivity contribution in [2.75, 3.05) is 5.32 Å². The van der Waals surface area contributed by atoms with Crippen LogP contribution in [0.5, 0.6) is 0 Å². The van der Waals surface area contributed by atoms with Gasteiger partial charge in [-0.3, -0.25) is 9.36 Å². The lowest BCUT2D eigenvalue weighted by molar-refractivity contribution is 0.256. The molecular formula is C20H14ClFN4O6S3. The molecule has 0 spiro atoms. The average molecular weight is 557 g/mol. The summed E-state index contributed by atoms with van der Waals surface area (Å²) in [6.07, 6.45) is 1.30. The fraction of sp³-hybridized carbons (Fsp3) is 0. The second kappa shape index (κ2) is 9.05. The number of nitrogens with two attached hydrogens (primary N) is 1. The van der Waals surface area contributed by atoms with Gasteiger partial charge in [0.1, 0.15) is 10.0 Å². The normalized spacial score (nSPS) is 12.0. The van der Waals surface area contributed by atoms with Gasteiger partial charge in [-0.2, -0.15) is 0 Å². The Balaban J connectivity index is 1.61. The molecule has 2 heterocycles. The molecule has 0 aliphatic carbocycles. The molecular weight excluding hydrogens is 543 g/mol. The molecule has 0 unspecified atom stereocenters. The molecule has 2 amide bonds. The van der Waals surface area contributed by atoms with E-state index in [9.17, 15) is 30.8 Å². The number of halogens is 2. The van der Waals surface area contributed by atoms with Gasteiger partial charge in [-0.1, -0.05) is 17.7 Å². The molecule has 15 heteroatoms. The minimum atomic E-state index is -4.18. The van der Waals surface area contributed by atoms with Crippen molar-refractivity contribution in [3.8, 4) is 5.69 Å². The van der Waals surface area contributed by atoms with Crippen molar-refractivity contribution >= 4 is 65.5 Å². The number of thiophene rings is 1. The molecule has 2 aromatic heterocycles. The summed E-state index contributed by atoms with van der Waals surface area (Å²) >= 11 is 6.47. The summed E-state index contributed by atoms with van der Waals surface area (Å²) in [6, 6.07) is 10.0. The van der Waals surface area contributed by atoms with Crippen LogP contribution in [0.3, 0.4) is 0 Å². The number of primary sulfonamides is 1. The first-order valence-corrected chi connectivity index (χ1v) is 13.6. The number of urea groups is 1. The third-order valence-electron chi connectivity index (χ3n) is 4.71. The highest BCUT2D eigenvalue weighted by atomic mass is 35.5. The number of hydrogen-bond donors (Lipinski definition) is 3. The van der Waals surface area contributed by atoms with Gasteiger partial charge in [-0.05, 0) is 53.9 Å². The van der Waals surface area contributed by atoms with Crippen LogP contribution in [0.25, 0.3) is 16.5 Å². The van der Waals surface area contributed by atoms with E-state index in [0.717, 1.165) is 28.0 Å². The molecule has 4 aromatic rings. The van der Waals surface area contributed by atoms with Crippen molar-refractivity contribution < 1.29 is 26.0 Å². The Bertz CT molecular complexity index is 1770. The lowest BCUT2D eigenvalue weighted by Crippen LogP contribution is -2.34. The number of sulfonamides is 2. The van der Waals surface area contributed by atoms with Gasteiger partial charge in [0.25, 0.3) is 15.6 Å². The Kier molecular flexibility index (Phi) is 6.42. The first kappa shape index (κ1) is 24.8. The number of carbonyl (C=O) groups excluding carboxylic acids is 1. The second-order valence-electron chi connectivity index (χ2n) is 7.07. The number of nitrogens with one attached hydrogen (secondary N) is 2. The molecule has 10 nitrogen and oxygen atoms in total. The fourth-order valence-corrected chi connectivity index (χ4v) is 6.07. The molecule has 0 fully saturated rings. The molecule has 182 valence electrons. The van der Waals surface area contributed by atoms with Gasteiger partial charge in [-0.15, -0.1) is 11.3 Å². The second-order valence-corrected chi connectivity index (χ2v) is 12.3. The van der Waals surface area contributed by atoms with Crippen molar-refractivity contribution in [1.29, 1.82) is 0 Å². The fourth-order valence-electron chi connectivity index (χ4n) is 3.14. The molecule has 0 saturated carbocycles. The zero-order valence-corrected chi connectivity index (χ0v) is 20.4. The maximum Gasteiger partial charge on any atom is 0.333 e. The van der Waals surface area contributed by atoms with Gasteiger partial charge in [0.05, 0.1) is 14.9 Å². The van der Waals surface area contributed by atoms with Crippen LogP contribution in [0.15, 0.2) is 74.7 Å². The summed E-state index contributed by atoms with van der Waals surface area (Å²) in [7, 11) is -8.24. The number of carbonyl (C=O) groups is 1. The monoisotopic (exact) mass is 556 g/mol. The van der Waals surface area contributed by atoms with Crippen LogP contribution in [-0.4, -0.2) is 27.4 Å². The highest BCUT2D eigenvalue weighted by Crippen LogP contribution is 2.25. The first-order chi connectivity index (χ1) is 16.3. The van der Waals surface area contributed by atoms with Crippen LogP contribution in [0.4, 0.5) is 14.9 Å². The predicted molar refractivity (Wildman–Crippen MR) is 130 cm³/mol. The van der Waals surface area contributed by atoms with Crippen molar-refractivity contribution in [1.82, 2.24) is 9.29 Å².